The summed E-state index contributed by atoms with van der Waals surface area (Å²) in [4.78, 5) is 31.6. The predicted octanol–water partition coefficient (Wildman–Crippen LogP) is 5.45. The van der Waals surface area contributed by atoms with E-state index in [0.717, 1.165) is 27.0 Å². The second kappa shape index (κ2) is 12.7. The first kappa shape index (κ1) is 26.7. The molecule has 10 heteroatoms. The van der Waals surface area contributed by atoms with Gasteiger partial charge in [-0.1, -0.05) is 44.2 Å². The minimum absolute atomic E-state index is 0.0638. The number of oxazole rings is 1. The van der Waals surface area contributed by atoms with Gasteiger partial charge in [-0.2, -0.15) is 0 Å². The van der Waals surface area contributed by atoms with E-state index in [2.05, 4.69) is 40.8 Å². The van der Waals surface area contributed by atoms with Gasteiger partial charge in [-0.05, 0) is 24.1 Å². The number of carbonyl (C=O) groups is 2. The van der Waals surface area contributed by atoms with Crippen molar-refractivity contribution in [2.24, 2.45) is 0 Å². The van der Waals surface area contributed by atoms with E-state index in [1.165, 1.54) is 18.4 Å². The Kier molecular flexibility index (Phi) is 9.73. The first-order valence-electron chi connectivity index (χ1n) is 11.3. The van der Waals surface area contributed by atoms with E-state index < -0.39 is 0 Å². The average Bonchev–Trinajstić information content (AvgIpc) is 3.51. The highest BCUT2D eigenvalue weighted by Crippen LogP contribution is 2.32. The van der Waals surface area contributed by atoms with Crippen LogP contribution in [0.15, 0.2) is 45.3 Å². The van der Waals surface area contributed by atoms with Crippen molar-refractivity contribution in [3.8, 4) is 5.75 Å². The number of nitrogens with one attached hydrogen (secondary N) is 1. The summed E-state index contributed by atoms with van der Waals surface area (Å²) >= 11 is 3.15. The molecule has 1 N–H and O–H groups in total. The van der Waals surface area contributed by atoms with Crippen LogP contribution >= 0.6 is 23.1 Å². The quantitative estimate of drug-likeness (QED) is 0.137. The van der Waals surface area contributed by atoms with E-state index in [0.29, 0.717) is 43.4 Å². The number of thioether (sulfide) groups is 1. The van der Waals surface area contributed by atoms with Gasteiger partial charge in [0.05, 0.1) is 42.0 Å². The highest BCUT2D eigenvalue weighted by molar-refractivity contribution is 8.00. The molecule has 1 aromatic carbocycles. The van der Waals surface area contributed by atoms with Crippen LogP contribution in [0, 0.1) is 0 Å². The van der Waals surface area contributed by atoms with Gasteiger partial charge in [0.1, 0.15) is 17.8 Å². The largest absolute Gasteiger partial charge is 0.494 e. The van der Waals surface area contributed by atoms with Gasteiger partial charge in [0, 0.05) is 18.4 Å². The van der Waals surface area contributed by atoms with Crippen LogP contribution in [0.5, 0.6) is 5.75 Å². The zero-order chi connectivity index (χ0) is 25.3. The third-order valence-electron chi connectivity index (χ3n) is 5.08. The molecule has 2 aromatic heterocycles. The molecule has 1 unspecified atom stereocenters. The van der Waals surface area contributed by atoms with E-state index >= 15 is 0 Å². The van der Waals surface area contributed by atoms with E-state index in [1.54, 1.807) is 18.0 Å². The van der Waals surface area contributed by atoms with Crippen LogP contribution in [-0.4, -0.2) is 42.5 Å². The molecule has 0 radical (unpaired) electrons. The molecule has 0 saturated carbocycles. The summed E-state index contributed by atoms with van der Waals surface area (Å²) in [6, 6.07) is 7.41. The van der Waals surface area contributed by atoms with Gasteiger partial charge >= 0.3 is 5.97 Å². The number of anilines is 1. The van der Waals surface area contributed by atoms with Crippen LogP contribution in [0.1, 0.15) is 56.7 Å². The van der Waals surface area contributed by atoms with Crippen molar-refractivity contribution in [2.45, 2.75) is 54.9 Å². The molecule has 0 aliphatic heterocycles. The lowest BCUT2D eigenvalue weighted by molar-refractivity contribution is -0.140. The Labute approximate surface area is 213 Å². The maximum atomic E-state index is 11.7. The van der Waals surface area contributed by atoms with Gasteiger partial charge < -0.3 is 24.0 Å². The molecular formula is C25H31N3O5S2. The number of benzene rings is 1. The predicted molar refractivity (Wildman–Crippen MR) is 137 cm³/mol. The summed E-state index contributed by atoms with van der Waals surface area (Å²) < 4.78 is 17.1. The summed E-state index contributed by atoms with van der Waals surface area (Å²) in [7, 11) is 1.37. The molecule has 188 valence electrons. The number of nitrogens with zero attached hydrogens (tertiary/aromatic N) is 2. The molecule has 0 fully saturated rings. The first-order valence-corrected chi connectivity index (χ1v) is 13.1. The molecule has 1 atom stereocenters. The zero-order valence-corrected chi connectivity index (χ0v) is 22.0. The zero-order valence-electron chi connectivity index (χ0n) is 20.4. The summed E-state index contributed by atoms with van der Waals surface area (Å²) in [6.45, 7) is 7.14. The van der Waals surface area contributed by atoms with Crippen LogP contribution in [0.4, 0.5) is 5.13 Å². The normalized spacial score (nSPS) is 12.2. The molecule has 8 nitrogen and oxygen atoms in total. The number of esters is 1. The van der Waals surface area contributed by atoms with Crippen molar-refractivity contribution in [1.82, 2.24) is 9.97 Å². The van der Waals surface area contributed by atoms with Crippen molar-refractivity contribution in [2.75, 3.05) is 25.6 Å². The molecule has 0 aliphatic rings. The second-order valence-corrected chi connectivity index (χ2v) is 11.2. The molecule has 0 spiro atoms. The van der Waals surface area contributed by atoms with Crippen molar-refractivity contribution in [3.63, 3.8) is 0 Å². The average molecular weight is 518 g/mol. The van der Waals surface area contributed by atoms with Gasteiger partial charge in [-0.25, -0.2) is 9.97 Å². The topological polar surface area (TPSA) is 104 Å². The lowest BCUT2D eigenvalue weighted by Gasteiger charge is -2.13. The third kappa shape index (κ3) is 8.40. The smallest absolute Gasteiger partial charge is 0.305 e. The second-order valence-electron chi connectivity index (χ2n) is 8.86. The molecule has 3 aromatic rings. The van der Waals surface area contributed by atoms with Crippen LogP contribution in [-0.2, 0) is 25.5 Å². The standard InChI is InChI=1S/C25H31N3O5S2/c1-25(2,3)20-13-26-21(33-20)16-34-23-14-28-24(35-23)27-12-18(15-29)17-7-9-19(10-8-17)32-11-5-6-22(30)31-4/h7-10,13-15,18H,5-6,11-12,16H2,1-4H3,(H,27,28). The lowest BCUT2D eigenvalue weighted by Crippen LogP contribution is -2.13. The Hall–Kier alpha value is -2.85. The number of hydrogen-bond acceptors (Lipinski definition) is 10. The van der Waals surface area contributed by atoms with Gasteiger partial charge in [0.15, 0.2) is 5.13 Å². The van der Waals surface area contributed by atoms with Crippen LogP contribution in [0.2, 0.25) is 0 Å². The van der Waals surface area contributed by atoms with Gasteiger partial charge in [-0.15, -0.1) is 11.8 Å². The number of aromatic nitrogens is 2. The number of aldehydes is 1. The summed E-state index contributed by atoms with van der Waals surface area (Å²) in [5, 5.41) is 4.02. The Bertz CT molecular complexity index is 1090. The number of thiazole rings is 1. The summed E-state index contributed by atoms with van der Waals surface area (Å²) in [6.07, 6.45) is 5.44. The van der Waals surface area contributed by atoms with Crippen molar-refractivity contribution in [1.29, 1.82) is 0 Å². The summed E-state index contributed by atoms with van der Waals surface area (Å²) in [5.41, 5.74) is 0.824. The fraction of sp³-hybridized carbons (Fsp3) is 0.440. The SMILES string of the molecule is COC(=O)CCCOc1ccc(C(C=O)CNc2ncc(SCc3ncc(C(C)(C)C)o3)s2)cc1. The number of carbonyl (C=O) groups excluding carboxylic acids is 2. The van der Waals surface area contributed by atoms with Gasteiger partial charge in [0.2, 0.25) is 5.89 Å². The third-order valence-corrected chi connectivity index (χ3v) is 7.22. The highest BCUT2D eigenvalue weighted by atomic mass is 32.2. The van der Waals surface area contributed by atoms with Crippen molar-refractivity contribution >= 4 is 40.5 Å². The molecule has 0 amide bonds. The summed E-state index contributed by atoms with van der Waals surface area (Å²) in [5.74, 6) is 2.33. The van der Waals surface area contributed by atoms with E-state index in [1.807, 2.05) is 30.5 Å². The van der Waals surface area contributed by atoms with E-state index in [9.17, 15) is 9.59 Å². The Balaban J connectivity index is 1.45. The molecular weight excluding hydrogens is 486 g/mol. The van der Waals surface area contributed by atoms with Crippen molar-refractivity contribution in [3.05, 3.63) is 53.9 Å². The number of methoxy groups -OCH3 is 1. The Morgan fingerprint density at radius 3 is 2.66 bits per heavy atom. The Morgan fingerprint density at radius 1 is 1.23 bits per heavy atom. The maximum Gasteiger partial charge on any atom is 0.305 e. The monoisotopic (exact) mass is 517 g/mol. The van der Waals surface area contributed by atoms with Crippen LogP contribution in [0.3, 0.4) is 0 Å². The molecule has 0 saturated heterocycles. The van der Waals surface area contributed by atoms with E-state index in [4.69, 9.17) is 9.15 Å². The van der Waals surface area contributed by atoms with E-state index in [-0.39, 0.29) is 17.3 Å². The van der Waals surface area contributed by atoms with Crippen LogP contribution < -0.4 is 10.1 Å². The van der Waals surface area contributed by atoms with Gasteiger partial charge in [0.25, 0.3) is 0 Å². The van der Waals surface area contributed by atoms with Crippen LogP contribution in [0.25, 0.3) is 0 Å². The van der Waals surface area contributed by atoms with Crippen molar-refractivity contribution < 1.29 is 23.5 Å². The minimum Gasteiger partial charge on any atom is -0.494 e. The van der Waals surface area contributed by atoms with Gasteiger partial charge in [-0.3, -0.25) is 4.79 Å². The minimum atomic E-state index is -0.313. The number of ether oxygens (including phenoxy) is 2. The Morgan fingerprint density at radius 2 is 2.00 bits per heavy atom. The molecule has 0 aliphatic carbocycles. The number of hydrogen-bond donors (Lipinski definition) is 1. The molecule has 3 rings (SSSR count). The molecule has 2 heterocycles. The number of rotatable bonds is 13. The fourth-order valence-electron chi connectivity index (χ4n) is 3.03. The molecule has 0 bridgehead atoms. The molecule has 35 heavy (non-hydrogen) atoms. The maximum absolute atomic E-state index is 11.7. The first-order chi connectivity index (χ1) is 16.8. The lowest BCUT2D eigenvalue weighted by atomic mass is 9.94. The fourth-order valence-corrected chi connectivity index (χ4v) is 4.76. The highest BCUT2D eigenvalue weighted by Gasteiger charge is 2.19.